The largest absolute Gasteiger partial charge is 0.349 e. The number of rotatable bonds is 6. The van der Waals surface area contributed by atoms with Gasteiger partial charge < -0.3 is 14.4 Å². The summed E-state index contributed by atoms with van der Waals surface area (Å²) >= 11 is 0. The van der Waals surface area contributed by atoms with Gasteiger partial charge in [0.25, 0.3) is 11.8 Å². The van der Waals surface area contributed by atoms with Crippen molar-refractivity contribution in [1.82, 2.24) is 23.4 Å². The van der Waals surface area contributed by atoms with E-state index in [0.717, 1.165) is 57.7 Å². The SMILES string of the molecule is CN(C)C(=O)C1CCN(C(=O)C2=Cc3ccccc3-c3c(C4CCCCC4)c4ccc(C(=O)NS(=O)(=O)N(C)C)cc4n3C2)CC1. The fourth-order valence-corrected chi connectivity index (χ4v) is 7.85. The Bertz CT molecular complexity index is 1830. The Morgan fingerprint density at radius 3 is 2.26 bits per heavy atom. The van der Waals surface area contributed by atoms with Gasteiger partial charge in [-0.2, -0.15) is 12.7 Å². The average Bonchev–Trinajstić information content (AvgIpc) is 3.26. The molecular weight excluding hydrogens is 602 g/mol. The molecule has 3 aliphatic rings. The van der Waals surface area contributed by atoms with E-state index in [9.17, 15) is 22.8 Å². The van der Waals surface area contributed by atoms with Crippen LogP contribution in [-0.2, 0) is 26.3 Å². The highest BCUT2D eigenvalue weighted by Gasteiger charge is 2.33. The van der Waals surface area contributed by atoms with Crippen LogP contribution in [0.25, 0.3) is 28.2 Å². The first-order valence-corrected chi connectivity index (χ1v) is 17.6. The molecule has 1 aromatic heterocycles. The Morgan fingerprint density at radius 2 is 1.59 bits per heavy atom. The Labute approximate surface area is 271 Å². The zero-order valence-electron chi connectivity index (χ0n) is 27.1. The molecule has 46 heavy (non-hydrogen) atoms. The van der Waals surface area contributed by atoms with Gasteiger partial charge in [0, 0.05) is 74.8 Å². The molecule has 10 nitrogen and oxygen atoms in total. The van der Waals surface area contributed by atoms with E-state index in [1.165, 1.54) is 26.1 Å². The zero-order chi connectivity index (χ0) is 32.7. The van der Waals surface area contributed by atoms with Crippen molar-refractivity contribution in [3.63, 3.8) is 0 Å². The lowest BCUT2D eigenvalue weighted by Gasteiger charge is -2.33. The zero-order valence-corrected chi connectivity index (χ0v) is 27.9. The van der Waals surface area contributed by atoms with Gasteiger partial charge in [-0.1, -0.05) is 49.6 Å². The molecule has 3 heterocycles. The Kier molecular flexibility index (Phi) is 8.82. The van der Waals surface area contributed by atoms with Crippen molar-refractivity contribution in [3.8, 4) is 11.3 Å². The number of aromatic nitrogens is 1. The van der Waals surface area contributed by atoms with Crippen LogP contribution < -0.4 is 4.72 Å². The van der Waals surface area contributed by atoms with Gasteiger partial charge in [0.05, 0.1) is 12.2 Å². The standard InChI is InChI=1S/C35H43N5O5S/c1-37(2)34(42)24-16-18-39(19-17-24)35(43)27-20-25-12-8-9-13-28(25)32-31(23-10-6-5-7-11-23)29-15-14-26(21-30(29)40(32)22-27)33(41)36-46(44,45)38(3)4/h8-9,12-15,20-21,23-24H,5-7,10-11,16-19,22H2,1-4H3,(H,36,41). The van der Waals surface area contributed by atoms with Crippen LogP contribution in [-0.4, -0.2) is 86.1 Å². The second kappa shape index (κ2) is 12.7. The van der Waals surface area contributed by atoms with Gasteiger partial charge in [-0.05, 0) is 60.9 Å². The molecule has 2 fully saturated rings. The number of hydrogen-bond acceptors (Lipinski definition) is 5. The number of nitrogens with zero attached hydrogens (tertiary/aromatic N) is 4. The predicted octanol–water partition coefficient (Wildman–Crippen LogP) is 4.62. The maximum atomic E-state index is 14.2. The number of carbonyl (C=O) groups excluding carboxylic acids is 3. The third-order valence-corrected chi connectivity index (χ3v) is 11.2. The van der Waals surface area contributed by atoms with Crippen molar-refractivity contribution in [2.45, 2.75) is 57.4 Å². The summed E-state index contributed by atoms with van der Waals surface area (Å²) in [5.41, 5.74) is 5.98. The third kappa shape index (κ3) is 5.98. The second-order valence-corrected chi connectivity index (χ2v) is 15.1. The number of fused-ring (bicyclic) bond motifs is 5. The molecule has 0 spiro atoms. The Balaban J connectivity index is 1.45. The van der Waals surface area contributed by atoms with Crippen LogP contribution in [0, 0.1) is 5.92 Å². The highest BCUT2D eigenvalue weighted by molar-refractivity contribution is 7.87. The molecule has 3 aromatic rings. The molecule has 3 amide bonds. The summed E-state index contributed by atoms with van der Waals surface area (Å²) in [7, 11) is 2.30. The molecule has 0 bridgehead atoms. The summed E-state index contributed by atoms with van der Waals surface area (Å²) in [6, 6.07) is 13.6. The van der Waals surface area contributed by atoms with Crippen molar-refractivity contribution < 1.29 is 22.8 Å². The number of benzene rings is 2. The van der Waals surface area contributed by atoms with Gasteiger partial charge in [-0.15, -0.1) is 0 Å². The lowest BCUT2D eigenvalue weighted by Crippen LogP contribution is -2.43. The average molecular weight is 646 g/mol. The minimum absolute atomic E-state index is 0.0505. The maximum absolute atomic E-state index is 14.2. The molecule has 2 aromatic carbocycles. The van der Waals surface area contributed by atoms with Crippen LogP contribution in [0.1, 0.15) is 72.3 Å². The highest BCUT2D eigenvalue weighted by Crippen LogP contribution is 2.46. The van der Waals surface area contributed by atoms with E-state index in [-0.39, 0.29) is 23.3 Å². The van der Waals surface area contributed by atoms with Crippen LogP contribution >= 0.6 is 0 Å². The van der Waals surface area contributed by atoms with Gasteiger partial charge in [0.2, 0.25) is 5.91 Å². The molecule has 1 N–H and O–H groups in total. The first-order chi connectivity index (χ1) is 22.0. The maximum Gasteiger partial charge on any atom is 0.303 e. The molecule has 1 saturated heterocycles. The normalized spacial score (nSPS) is 17.7. The molecule has 6 rings (SSSR count). The topological polar surface area (TPSA) is 112 Å². The van der Waals surface area contributed by atoms with Gasteiger partial charge in [0.1, 0.15) is 0 Å². The Morgan fingerprint density at radius 1 is 0.891 bits per heavy atom. The van der Waals surface area contributed by atoms with Crippen molar-refractivity contribution in [1.29, 1.82) is 0 Å². The molecule has 244 valence electrons. The first kappa shape index (κ1) is 32.0. The fraction of sp³-hybridized carbons (Fsp3) is 0.457. The van der Waals surface area contributed by atoms with Crippen LogP contribution in [0.4, 0.5) is 0 Å². The van der Waals surface area contributed by atoms with Crippen LogP contribution in [0.15, 0.2) is 48.0 Å². The number of piperidine rings is 1. The molecule has 1 aliphatic carbocycles. The van der Waals surface area contributed by atoms with E-state index in [0.29, 0.717) is 44.0 Å². The molecular formula is C35H43N5O5S. The third-order valence-electron chi connectivity index (χ3n) is 9.80. The fourth-order valence-electron chi connectivity index (χ4n) is 7.31. The minimum atomic E-state index is -3.98. The smallest absolute Gasteiger partial charge is 0.303 e. The van der Waals surface area contributed by atoms with Crippen molar-refractivity contribution in [2.75, 3.05) is 41.3 Å². The molecule has 11 heteroatoms. The van der Waals surface area contributed by atoms with E-state index in [1.54, 1.807) is 31.1 Å². The van der Waals surface area contributed by atoms with Crippen molar-refractivity contribution in [2.24, 2.45) is 5.92 Å². The quantitative estimate of drug-likeness (QED) is 0.421. The summed E-state index contributed by atoms with van der Waals surface area (Å²) in [6.45, 7) is 1.34. The summed E-state index contributed by atoms with van der Waals surface area (Å²) in [5, 5.41) is 1.03. The highest BCUT2D eigenvalue weighted by atomic mass is 32.2. The number of likely N-dealkylation sites (tertiary alicyclic amines) is 1. The Hall–Kier alpha value is -3.96. The lowest BCUT2D eigenvalue weighted by atomic mass is 9.81. The van der Waals surface area contributed by atoms with Gasteiger partial charge in [-0.25, -0.2) is 4.72 Å². The van der Waals surface area contributed by atoms with Gasteiger partial charge in [-0.3, -0.25) is 14.4 Å². The van der Waals surface area contributed by atoms with E-state index < -0.39 is 16.1 Å². The van der Waals surface area contributed by atoms with Crippen molar-refractivity contribution >= 4 is 44.9 Å². The summed E-state index contributed by atoms with van der Waals surface area (Å²) in [4.78, 5) is 43.5. The summed E-state index contributed by atoms with van der Waals surface area (Å²) in [6.07, 6.45) is 8.90. The van der Waals surface area contributed by atoms with Crippen LogP contribution in [0.2, 0.25) is 0 Å². The van der Waals surface area contributed by atoms with E-state index >= 15 is 0 Å². The molecule has 1 saturated carbocycles. The number of carbonyl (C=O) groups is 3. The van der Waals surface area contributed by atoms with Crippen molar-refractivity contribution in [3.05, 3.63) is 64.7 Å². The lowest BCUT2D eigenvalue weighted by molar-refractivity contribution is -0.137. The van der Waals surface area contributed by atoms with Crippen LogP contribution in [0.5, 0.6) is 0 Å². The number of amides is 3. The van der Waals surface area contributed by atoms with E-state index in [2.05, 4.69) is 15.4 Å². The molecule has 2 aliphatic heterocycles. The molecule has 0 radical (unpaired) electrons. The monoisotopic (exact) mass is 645 g/mol. The van der Waals surface area contributed by atoms with E-state index in [1.807, 2.05) is 35.2 Å². The number of nitrogens with one attached hydrogen (secondary N) is 1. The minimum Gasteiger partial charge on any atom is -0.349 e. The van der Waals surface area contributed by atoms with Crippen LogP contribution in [0.3, 0.4) is 0 Å². The summed E-state index contributed by atoms with van der Waals surface area (Å²) in [5.74, 6) is -0.403. The second-order valence-electron chi connectivity index (χ2n) is 13.2. The summed E-state index contributed by atoms with van der Waals surface area (Å²) < 4.78 is 30.2. The molecule has 0 unspecified atom stereocenters. The first-order valence-electron chi connectivity index (χ1n) is 16.2. The molecule has 0 atom stereocenters. The number of hydrogen-bond donors (Lipinski definition) is 1. The van der Waals surface area contributed by atoms with Gasteiger partial charge in [0.15, 0.2) is 0 Å². The predicted molar refractivity (Wildman–Crippen MR) is 179 cm³/mol. The van der Waals surface area contributed by atoms with Gasteiger partial charge >= 0.3 is 10.2 Å². The van der Waals surface area contributed by atoms with E-state index in [4.69, 9.17) is 0 Å².